The van der Waals surface area contributed by atoms with E-state index in [1.54, 1.807) is 18.5 Å². The van der Waals surface area contributed by atoms with Crippen LogP contribution < -0.4 is 0 Å². The number of carboxylic acid groups (broad SMARTS) is 1. The maximum atomic E-state index is 11.2. The minimum atomic E-state index is -0.883. The van der Waals surface area contributed by atoms with Gasteiger partial charge in [0.1, 0.15) is 0 Å². The van der Waals surface area contributed by atoms with Gasteiger partial charge in [0.25, 0.3) is 0 Å². The largest absolute Gasteiger partial charge is 0.481 e. The van der Waals surface area contributed by atoms with Gasteiger partial charge in [0.15, 0.2) is 0 Å². The van der Waals surface area contributed by atoms with Gasteiger partial charge < -0.3 is 5.11 Å². The van der Waals surface area contributed by atoms with E-state index in [0.717, 1.165) is 22.2 Å². The Morgan fingerprint density at radius 2 is 2.06 bits per heavy atom. The van der Waals surface area contributed by atoms with Crippen molar-refractivity contribution in [3.8, 4) is 0 Å². The van der Waals surface area contributed by atoms with E-state index in [4.69, 9.17) is 0 Å². The van der Waals surface area contributed by atoms with Crippen molar-refractivity contribution in [1.29, 1.82) is 0 Å². The predicted molar refractivity (Wildman–Crippen MR) is 66.1 cm³/mol. The average Bonchev–Trinajstić information content (AvgIpc) is 2.54. The number of rotatable bonds is 2. The fraction of sp³-hybridized carbons (Fsp3) is 0.385. The number of hydrogen-bond donors (Lipinski definition) is 1. The van der Waals surface area contributed by atoms with Crippen molar-refractivity contribution in [3.63, 3.8) is 0 Å². The molecule has 2 rings (SSSR count). The van der Waals surface area contributed by atoms with E-state index in [-0.39, 0.29) is 0 Å². The van der Waals surface area contributed by atoms with E-state index < -0.39 is 11.4 Å². The first-order chi connectivity index (χ1) is 7.84. The highest BCUT2D eigenvalue weighted by Crippen LogP contribution is 2.27. The molecule has 0 spiro atoms. The van der Waals surface area contributed by atoms with Crippen molar-refractivity contribution in [2.24, 2.45) is 7.05 Å². The third-order valence-corrected chi connectivity index (χ3v) is 3.29. The second-order valence-corrected chi connectivity index (χ2v) is 4.87. The van der Waals surface area contributed by atoms with Gasteiger partial charge in [-0.15, -0.1) is 0 Å². The fourth-order valence-electron chi connectivity index (χ4n) is 1.95. The molecule has 1 N–H and O–H groups in total. The molecule has 1 heterocycles. The lowest BCUT2D eigenvalue weighted by Crippen LogP contribution is -2.28. The maximum Gasteiger partial charge on any atom is 0.313 e. The average molecular weight is 232 g/mol. The number of aliphatic carboxylic acids is 1. The third kappa shape index (κ3) is 1.69. The van der Waals surface area contributed by atoms with Crippen LogP contribution in [0, 0.1) is 6.92 Å². The number of fused-ring (bicyclic) bond motifs is 1. The lowest BCUT2D eigenvalue weighted by molar-refractivity contribution is -0.142. The molecular weight excluding hydrogens is 216 g/mol. The van der Waals surface area contributed by atoms with Gasteiger partial charge in [-0.3, -0.25) is 9.48 Å². The van der Waals surface area contributed by atoms with Crippen LogP contribution in [0.1, 0.15) is 25.1 Å². The van der Waals surface area contributed by atoms with Crippen molar-refractivity contribution in [2.75, 3.05) is 0 Å². The van der Waals surface area contributed by atoms with Gasteiger partial charge in [-0.2, -0.15) is 5.10 Å². The Bertz CT molecular complexity index is 597. The first kappa shape index (κ1) is 11.6. The molecule has 0 aliphatic carbocycles. The number of benzene rings is 1. The van der Waals surface area contributed by atoms with Crippen LogP contribution in [-0.4, -0.2) is 20.9 Å². The van der Waals surface area contributed by atoms with E-state index >= 15 is 0 Å². The van der Waals surface area contributed by atoms with Crippen LogP contribution in [0.3, 0.4) is 0 Å². The van der Waals surface area contributed by atoms with E-state index in [0.29, 0.717) is 0 Å². The number of carbonyl (C=O) groups is 1. The quantitative estimate of drug-likeness (QED) is 0.864. The molecule has 0 saturated carbocycles. The molecule has 2 aromatic rings. The zero-order chi connectivity index (χ0) is 12.8. The Balaban J connectivity index is 2.67. The van der Waals surface area contributed by atoms with Crippen molar-refractivity contribution < 1.29 is 9.90 Å². The lowest BCUT2D eigenvalue weighted by Gasteiger charge is -2.19. The Morgan fingerprint density at radius 1 is 1.41 bits per heavy atom. The number of hydrogen-bond acceptors (Lipinski definition) is 2. The maximum absolute atomic E-state index is 11.2. The zero-order valence-electron chi connectivity index (χ0n) is 10.5. The monoisotopic (exact) mass is 232 g/mol. The standard InChI is InChI=1S/C13H16N2O2/c1-8-10-6-5-9(13(2,3)12(16)17)7-11(10)15(4)14-8/h5-7H,1-4H3,(H,16,17). The van der Waals surface area contributed by atoms with Gasteiger partial charge in [0.05, 0.1) is 16.6 Å². The van der Waals surface area contributed by atoms with Crippen LogP contribution in [-0.2, 0) is 17.3 Å². The summed E-state index contributed by atoms with van der Waals surface area (Å²) in [4.78, 5) is 11.2. The minimum absolute atomic E-state index is 0.792. The Kier molecular flexibility index (Phi) is 2.45. The summed E-state index contributed by atoms with van der Waals surface area (Å²) in [7, 11) is 1.87. The Hall–Kier alpha value is -1.84. The van der Waals surface area contributed by atoms with E-state index in [9.17, 15) is 9.90 Å². The normalized spacial score (nSPS) is 12.0. The summed E-state index contributed by atoms with van der Waals surface area (Å²) >= 11 is 0. The molecule has 0 bridgehead atoms. The predicted octanol–water partition coefficient (Wildman–Crippen LogP) is 2.24. The Morgan fingerprint density at radius 3 is 2.65 bits per heavy atom. The Labute approximate surface area is 99.9 Å². The van der Waals surface area contributed by atoms with Gasteiger partial charge in [-0.25, -0.2) is 0 Å². The summed E-state index contributed by atoms with van der Waals surface area (Å²) in [6, 6.07) is 5.71. The van der Waals surface area contributed by atoms with Gasteiger partial charge in [0.2, 0.25) is 0 Å². The van der Waals surface area contributed by atoms with E-state index in [1.807, 2.05) is 32.2 Å². The van der Waals surface area contributed by atoms with E-state index in [1.165, 1.54) is 0 Å². The van der Waals surface area contributed by atoms with Gasteiger partial charge in [-0.1, -0.05) is 12.1 Å². The molecule has 17 heavy (non-hydrogen) atoms. The fourth-order valence-corrected chi connectivity index (χ4v) is 1.95. The molecule has 0 radical (unpaired) electrons. The lowest BCUT2D eigenvalue weighted by atomic mass is 9.84. The van der Waals surface area contributed by atoms with Crippen molar-refractivity contribution in [2.45, 2.75) is 26.2 Å². The van der Waals surface area contributed by atoms with Crippen LogP contribution in [0.4, 0.5) is 0 Å². The van der Waals surface area contributed by atoms with Crippen LogP contribution in [0.2, 0.25) is 0 Å². The minimum Gasteiger partial charge on any atom is -0.481 e. The van der Waals surface area contributed by atoms with Crippen molar-refractivity contribution in [1.82, 2.24) is 9.78 Å². The van der Waals surface area contributed by atoms with Crippen LogP contribution >= 0.6 is 0 Å². The van der Waals surface area contributed by atoms with Gasteiger partial charge in [0, 0.05) is 12.4 Å². The summed E-state index contributed by atoms with van der Waals surface area (Å²) in [5.74, 6) is -0.823. The first-order valence-corrected chi connectivity index (χ1v) is 5.51. The third-order valence-electron chi connectivity index (χ3n) is 3.29. The van der Waals surface area contributed by atoms with Crippen LogP contribution in [0.15, 0.2) is 18.2 Å². The summed E-state index contributed by atoms with van der Waals surface area (Å²) in [5, 5.41) is 14.6. The van der Waals surface area contributed by atoms with Gasteiger partial charge >= 0.3 is 5.97 Å². The summed E-state index contributed by atoms with van der Waals surface area (Å²) in [6.45, 7) is 5.36. The molecule has 4 nitrogen and oxygen atoms in total. The van der Waals surface area contributed by atoms with Crippen LogP contribution in [0.5, 0.6) is 0 Å². The second-order valence-electron chi connectivity index (χ2n) is 4.87. The molecule has 1 aromatic heterocycles. The van der Waals surface area contributed by atoms with Crippen LogP contribution in [0.25, 0.3) is 10.9 Å². The number of aromatic nitrogens is 2. The summed E-state index contributed by atoms with van der Waals surface area (Å²) in [5.41, 5.74) is 1.84. The zero-order valence-corrected chi connectivity index (χ0v) is 10.5. The topological polar surface area (TPSA) is 55.1 Å². The molecule has 90 valence electrons. The molecule has 0 unspecified atom stereocenters. The first-order valence-electron chi connectivity index (χ1n) is 5.51. The smallest absolute Gasteiger partial charge is 0.313 e. The van der Waals surface area contributed by atoms with Crippen molar-refractivity contribution in [3.05, 3.63) is 29.5 Å². The molecule has 0 amide bonds. The molecule has 1 aromatic carbocycles. The molecule has 0 aliphatic heterocycles. The number of aryl methyl sites for hydroxylation is 2. The molecular formula is C13H16N2O2. The van der Waals surface area contributed by atoms with Crippen molar-refractivity contribution >= 4 is 16.9 Å². The molecule has 0 saturated heterocycles. The van der Waals surface area contributed by atoms with E-state index in [2.05, 4.69) is 5.10 Å². The SMILES string of the molecule is Cc1nn(C)c2cc(C(C)(C)C(=O)O)ccc12. The number of carboxylic acids is 1. The van der Waals surface area contributed by atoms with Gasteiger partial charge in [-0.05, 0) is 32.4 Å². The highest BCUT2D eigenvalue weighted by Gasteiger charge is 2.29. The molecule has 0 aliphatic rings. The highest BCUT2D eigenvalue weighted by molar-refractivity contribution is 5.86. The number of nitrogens with zero attached hydrogens (tertiary/aromatic N) is 2. The molecule has 4 heteroatoms. The second kappa shape index (κ2) is 3.58. The summed E-state index contributed by atoms with van der Waals surface area (Å²) < 4.78 is 1.78. The molecule has 0 fully saturated rings. The highest BCUT2D eigenvalue weighted by atomic mass is 16.4. The summed E-state index contributed by atoms with van der Waals surface area (Å²) in [6.07, 6.45) is 0. The molecule has 0 atom stereocenters.